The first-order valence-electron chi connectivity index (χ1n) is 7.43. The predicted molar refractivity (Wildman–Crippen MR) is 84.5 cm³/mol. The Morgan fingerprint density at radius 2 is 1.90 bits per heavy atom. The molecule has 0 unspecified atom stereocenters. The molecule has 2 rings (SSSR count). The smallest absolute Gasteiger partial charge is 0.223 e. The Bertz CT molecular complexity index is 436. The lowest BCUT2D eigenvalue weighted by atomic mass is 9.95. The molecule has 20 heavy (non-hydrogen) atoms. The number of carbonyl (C=O) groups is 1. The quantitative estimate of drug-likeness (QED) is 0.861. The molecule has 3 nitrogen and oxygen atoms in total. The lowest BCUT2D eigenvalue weighted by Gasteiger charge is -2.29. The van der Waals surface area contributed by atoms with E-state index in [1.165, 1.54) is 5.56 Å². The molecule has 1 aromatic carbocycles. The molecule has 0 saturated carbocycles. The van der Waals surface area contributed by atoms with Gasteiger partial charge in [-0.3, -0.25) is 4.79 Å². The van der Waals surface area contributed by atoms with E-state index < -0.39 is 0 Å². The van der Waals surface area contributed by atoms with Crippen LogP contribution in [0.4, 0.5) is 0 Å². The lowest BCUT2D eigenvalue weighted by Crippen LogP contribution is -3.11. The summed E-state index contributed by atoms with van der Waals surface area (Å²) in [6.45, 7) is 7.28. The van der Waals surface area contributed by atoms with Gasteiger partial charge in [0.2, 0.25) is 5.91 Å². The monoisotopic (exact) mass is 339 g/mol. The first-order valence-corrected chi connectivity index (χ1v) is 8.22. The van der Waals surface area contributed by atoms with E-state index in [0.29, 0.717) is 0 Å². The summed E-state index contributed by atoms with van der Waals surface area (Å²) in [7, 11) is 0. The highest BCUT2D eigenvalue weighted by molar-refractivity contribution is 9.10. The molecule has 1 aromatic rings. The van der Waals surface area contributed by atoms with Crippen LogP contribution in [0.25, 0.3) is 0 Å². The summed E-state index contributed by atoms with van der Waals surface area (Å²) in [4.78, 5) is 13.6. The molecule has 4 heteroatoms. The van der Waals surface area contributed by atoms with E-state index in [1.54, 1.807) is 4.90 Å². The number of nitrogens with one attached hydrogen (secondary N) is 2. The van der Waals surface area contributed by atoms with Crippen molar-refractivity contribution in [3.63, 3.8) is 0 Å². The molecule has 1 saturated heterocycles. The van der Waals surface area contributed by atoms with Crippen molar-refractivity contribution in [3.05, 3.63) is 34.3 Å². The Balaban J connectivity index is 1.79. The number of hydrogen-bond donors (Lipinski definition) is 2. The minimum Gasteiger partial charge on any atom is -0.354 e. The second kappa shape index (κ2) is 7.23. The molecule has 1 aliphatic heterocycles. The van der Waals surface area contributed by atoms with Crippen molar-refractivity contribution in [1.29, 1.82) is 0 Å². The van der Waals surface area contributed by atoms with Gasteiger partial charge in [0.25, 0.3) is 0 Å². The molecule has 1 heterocycles. The van der Waals surface area contributed by atoms with Crippen molar-refractivity contribution in [2.24, 2.45) is 5.92 Å². The normalized spacial score (nSPS) is 22.8. The number of rotatable bonds is 4. The number of amides is 1. The van der Waals surface area contributed by atoms with Crippen LogP contribution in [-0.4, -0.2) is 25.0 Å². The maximum Gasteiger partial charge on any atom is 0.223 e. The van der Waals surface area contributed by atoms with E-state index in [9.17, 15) is 4.79 Å². The van der Waals surface area contributed by atoms with Gasteiger partial charge < -0.3 is 10.2 Å². The second-order valence-corrected chi connectivity index (χ2v) is 6.91. The summed E-state index contributed by atoms with van der Waals surface area (Å²) in [5.41, 5.74) is 1.37. The molecular weight excluding hydrogens is 316 g/mol. The van der Waals surface area contributed by atoms with E-state index >= 15 is 0 Å². The van der Waals surface area contributed by atoms with Gasteiger partial charge in [-0.05, 0) is 26.0 Å². The average molecular weight is 340 g/mol. The lowest BCUT2D eigenvalue weighted by molar-refractivity contribution is -0.919. The van der Waals surface area contributed by atoms with E-state index in [4.69, 9.17) is 0 Å². The highest BCUT2D eigenvalue weighted by Crippen LogP contribution is 2.12. The van der Waals surface area contributed by atoms with Crippen LogP contribution in [0.1, 0.15) is 32.3 Å². The Hall–Kier alpha value is -0.870. The topological polar surface area (TPSA) is 33.5 Å². The third-order valence-electron chi connectivity index (χ3n) is 3.86. The van der Waals surface area contributed by atoms with Crippen LogP contribution in [0.15, 0.2) is 28.7 Å². The van der Waals surface area contributed by atoms with Crippen molar-refractivity contribution < 1.29 is 9.69 Å². The van der Waals surface area contributed by atoms with Gasteiger partial charge in [0.05, 0.1) is 13.1 Å². The molecule has 2 N–H and O–H groups in total. The highest BCUT2D eigenvalue weighted by Gasteiger charge is 2.27. The second-order valence-electron chi connectivity index (χ2n) is 5.99. The zero-order valence-corrected chi connectivity index (χ0v) is 13.9. The highest BCUT2D eigenvalue weighted by atomic mass is 79.9. The number of quaternary nitrogens is 1. The van der Waals surface area contributed by atoms with Gasteiger partial charge >= 0.3 is 0 Å². The largest absolute Gasteiger partial charge is 0.354 e. The maximum absolute atomic E-state index is 12.0. The van der Waals surface area contributed by atoms with Crippen LogP contribution >= 0.6 is 15.9 Å². The van der Waals surface area contributed by atoms with Gasteiger partial charge in [-0.25, -0.2) is 0 Å². The molecule has 1 fully saturated rings. The number of hydrogen-bond acceptors (Lipinski definition) is 1. The van der Waals surface area contributed by atoms with Crippen LogP contribution in [0.3, 0.4) is 0 Å². The predicted octanol–water partition coefficient (Wildman–Crippen LogP) is 1.77. The van der Waals surface area contributed by atoms with Crippen molar-refractivity contribution in [2.45, 2.75) is 39.3 Å². The summed E-state index contributed by atoms with van der Waals surface area (Å²) in [5.74, 6) is 0.453. The summed E-state index contributed by atoms with van der Waals surface area (Å²) >= 11 is 3.46. The van der Waals surface area contributed by atoms with Crippen molar-refractivity contribution in [1.82, 2.24) is 5.32 Å². The van der Waals surface area contributed by atoms with Crippen molar-refractivity contribution in [3.8, 4) is 0 Å². The summed E-state index contributed by atoms with van der Waals surface area (Å²) < 4.78 is 1.13. The molecule has 110 valence electrons. The van der Waals surface area contributed by atoms with Crippen LogP contribution in [0.5, 0.6) is 0 Å². The molecule has 0 radical (unpaired) electrons. The molecule has 0 atom stereocenters. The average Bonchev–Trinajstić information content (AvgIpc) is 2.41. The van der Waals surface area contributed by atoms with Gasteiger partial charge in [-0.1, -0.05) is 28.1 Å². The summed E-state index contributed by atoms with van der Waals surface area (Å²) in [5, 5.41) is 3.03. The molecule has 0 spiro atoms. The minimum absolute atomic E-state index is 0.214. The molecule has 0 aromatic heterocycles. The fourth-order valence-corrected chi connectivity index (χ4v) is 3.02. The Labute approximate surface area is 129 Å². The van der Waals surface area contributed by atoms with E-state index in [0.717, 1.165) is 36.9 Å². The van der Waals surface area contributed by atoms with E-state index in [-0.39, 0.29) is 17.9 Å². The van der Waals surface area contributed by atoms with Gasteiger partial charge in [0.1, 0.15) is 6.54 Å². The van der Waals surface area contributed by atoms with Gasteiger partial charge in [0.15, 0.2) is 0 Å². The molecular formula is C16H24BrN2O+. The Morgan fingerprint density at radius 3 is 2.45 bits per heavy atom. The zero-order chi connectivity index (χ0) is 14.5. The first-order chi connectivity index (χ1) is 9.54. The summed E-state index contributed by atoms with van der Waals surface area (Å²) in [6, 6.07) is 8.79. The van der Waals surface area contributed by atoms with Gasteiger partial charge in [-0.15, -0.1) is 0 Å². The number of piperidine rings is 1. The Kier molecular flexibility index (Phi) is 5.61. The fourth-order valence-electron chi connectivity index (χ4n) is 2.76. The molecule has 0 bridgehead atoms. The summed E-state index contributed by atoms with van der Waals surface area (Å²) in [6.07, 6.45) is 2.01. The van der Waals surface area contributed by atoms with Crippen LogP contribution < -0.4 is 10.2 Å². The standard InChI is InChI=1S/C16H23BrN2O/c1-12(2)18-16(20)14-7-9-19(10-8-14)11-13-3-5-15(17)6-4-13/h3-6,12,14H,7-11H2,1-2H3,(H,18,20)/p+1. The maximum atomic E-state index is 12.0. The van der Waals surface area contributed by atoms with Crippen molar-refractivity contribution in [2.75, 3.05) is 13.1 Å². The third kappa shape index (κ3) is 4.60. The van der Waals surface area contributed by atoms with E-state index in [1.807, 2.05) is 13.8 Å². The molecule has 1 aliphatic rings. The third-order valence-corrected chi connectivity index (χ3v) is 4.39. The molecule has 0 aliphatic carbocycles. The zero-order valence-electron chi connectivity index (χ0n) is 12.3. The van der Waals surface area contributed by atoms with Crippen LogP contribution in [0, 0.1) is 5.92 Å². The fraction of sp³-hybridized carbons (Fsp3) is 0.562. The number of halogens is 1. The van der Waals surface area contributed by atoms with E-state index in [2.05, 4.69) is 45.5 Å². The number of carbonyl (C=O) groups excluding carboxylic acids is 1. The van der Waals surface area contributed by atoms with Gasteiger partial charge in [-0.2, -0.15) is 0 Å². The molecule has 1 amide bonds. The number of benzene rings is 1. The minimum atomic E-state index is 0.214. The number of likely N-dealkylation sites (tertiary alicyclic amines) is 1. The van der Waals surface area contributed by atoms with Crippen LogP contribution in [-0.2, 0) is 11.3 Å². The van der Waals surface area contributed by atoms with Gasteiger partial charge in [0, 0.05) is 34.8 Å². The Morgan fingerprint density at radius 1 is 1.30 bits per heavy atom. The van der Waals surface area contributed by atoms with Crippen LogP contribution in [0.2, 0.25) is 0 Å². The van der Waals surface area contributed by atoms with Crippen molar-refractivity contribution >= 4 is 21.8 Å². The SMILES string of the molecule is CC(C)NC(=O)C1CC[NH+](Cc2ccc(Br)cc2)CC1. The first kappa shape index (κ1) is 15.5.